The van der Waals surface area contributed by atoms with Gasteiger partial charge in [0, 0.05) is 24.4 Å². The van der Waals surface area contributed by atoms with Crippen LogP contribution in [0.5, 0.6) is 0 Å². The van der Waals surface area contributed by atoms with E-state index < -0.39 is 14.6 Å². The molecular weight excluding hydrogens is 306 g/mol. The molecule has 0 atom stereocenters. The first-order valence-electron chi connectivity index (χ1n) is 7.35. The molecule has 5 nitrogen and oxygen atoms in total. The number of aliphatic imine (C=N–C) groups is 1. The molecule has 1 heterocycles. The summed E-state index contributed by atoms with van der Waals surface area (Å²) in [5.41, 5.74) is 0. The number of hydrogen-bond donors (Lipinski definition) is 1. The predicted octanol–water partition coefficient (Wildman–Crippen LogP) is 1.60. The Kier molecular flexibility index (Phi) is 6.00. The van der Waals surface area contributed by atoms with Gasteiger partial charge >= 0.3 is 0 Å². The van der Waals surface area contributed by atoms with Gasteiger partial charge in [-0.1, -0.05) is 0 Å². The Hall–Kier alpha value is -0.430. The highest BCUT2D eigenvalue weighted by atomic mass is 32.2. The largest absolute Gasteiger partial charge is 0.357 e. The zero-order valence-corrected chi connectivity index (χ0v) is 15.7. The summed E-state index contributed by atoms with van der Waals surface area (Å²) in [5.74, 6) is 1.01. The van der Waals surface area contributed by atoms with Crippen LogP contribution in [0, 0.1) is 0 Å². The SMILES string of the molecule is CCNC(=NCC(C)(C)SC)N1CCS(=O)(=O)C(C)(C)C1. The average Bonchev–Trinajstić information content (AvgIpc) is 2.38. The van der Waals surface area contributed by atoms with Gasteiger partial charge in [0.1, 0.15) is 0 Å². The second-order valence-corrected chi connectivity index (χ2v) is 10.9. The summed E-state index contributed by atoms with van der Waals surface area (Å²) in [6.45, 7) is 12.4. The molecular formula is C14H29N3O2S2. The van der Waals surface area contributed by atoms with Crippen molar-refractivity contribution in [2.45, 2.75) is 44.1 Å². The molecule has 1 aliphatic heterocycles. The predicted molar refractivity (Wildman–Crippen MR) is 93.0 cm³/mol. The Balaban J connectivity index is 2.90. The summed E-state index contributed by atoms with van der Waals surface area (Å²) in [7, 11) is -3.02. The van der Waals surface area contributed by atoms with Crippen LogP contribution >= 0.6 is 11.8 Å². The fraction of sp³-hybridized carbons (Fsp3) is 0.929. The molecule has 0 amide bonds. The van der Waals surface area contributed by atoms with Crippen molar-refractivity contribution in [2.75, 3.05) is 38.2 Å². The van der Waals surface area contributed by atoms with E-state index in [2.05, 4.69) is 30.3 Å². The molecule has 0 aromatic carbocycles. The van der Waals surface area contributed by atoms with Crippen molar-refractivity contribution in [3.05, 3.63) is 0 Å². The summed E-state index contributed by atoms with van der Waals surface area (Å²) >= 11 is 1.78. The topological polar surface area (TPSA) is 61.8 Å². The molecule has 1 rings (SSSR count). The number of hydrogen-bond acceptors (Lipinski definition) is 4. The number of guanidine groups is 1. The van der Waals surface area contributed by atoms with E-state index in [1.54, 1.807) is 25.6 Å². The maximum Gasteiger partial charge on any atom is 0.194 e. The van der Waals surface area contributed by atoms with E-state index in [1.165, 1.54) is 0 Å². The second-order valence-electron chi connectivity index (χ2n) is 6.63. The molecule has 0 bridgehead atoms. The summed E-state index contributed by atoms with van der Waals surface area (Å²) in [5, 5.41) is 3.29. The number of rotatable bonds is 4. The van der Waals surface area contributed by atoms with Crippen LogP contribution in [0.4, 0.5) is 0 Å². The monoisotopic (exact) mass is 335 g/mol. The molecule has 0 aliphatic carbocycles. The van der Waals surface area contributed by atoms with E-state index in [0.29, 0.717) is 19.6 Å². The highest BCUT2D eigenvalue weighted by Gasteiger charge is 2.41. The van der Waals surface area contributed by atoms with Crippen molar-refractivity contribution in [1.82, 2.24) is 10.2 Å². The van der Waals surface area contributed by atoms with Gasteiger partial charge in [-0.05, 0) is 40.9 Å². The third kappa shape index (κ3) is 4.77. The molecule has 0 aromatic heterocycles. The lowest BCUT2D eigenvalue weighted by Gasteiger charge is -2.39. The lowest BCUT2D eigenvalue weighted by atomic mass is 10.2. The zero-order valence-electron chi connectivity index (χ0n) is 14.1. The highest BCUT2D eigenvalue weighted by molar-refractivity contribution is 7.99. The molecule has 21 heavy (non-hydrogen) atoms. The standard InChI is InChI=1S/C14H29N3O2S2/c1-7-15-12(16-10-13(2,3)20-6)17-8-9-21(18,19)14(4,5)11-17/h7-11H2,1-6H3,(H,15,16). The molecule has 0 radical (unpaired) electrons. The number of sulfone groups is 1. The highest BCUT2D eigenvalue weighted by Crippen LogP contribution is 2.24. The van der Waals surface area contributed by atoms with Crippen LogP contribution in [0.15, 0.2) is 4.99 Å². The van der Waals surface area contributed by atoms with E-state index in [1.807, 2.05) is 6.92 Å². The van der Waals surface area contributed by atoms with Gasteiger partial charge in [-0.2, -0.15) is 11.8 Å². The minimum atomic E-state index is -3.02. The van der Waals surface area contributed by atoms with Crippen LogP contribution in [0.2, 0.25) is 0 Å². The lowest BCUT2D eigenvalue weighted by molar-refractivity contribution is 0.353. The molecule has 7 heteroatoms. The van der Waals surface area contributed by atoms with Gasteiger partial charge in [0.05, 0.1) is 17.0 Å². The van der Waals surface area contributed by atoms with Crippen LogP contribution in [-0.2, 0) is 9.84 Å². The van der Waals surface area contributed by atoms with Crippen molar-refractivity contribution >= 4 is 27.6 Å². The minimum absolute atomic E-state index is 0.0814. The van der Waals surface area contributed by atoms with E-state index in [4.69, 9.17) is 4.99 Å². The van der Waals surface area contributed by atoms with Crippen molar-refractivity contribution in [3.63, 3.8) is 0 Å². The van der Waals surface area contributed by atoms with E-state index in [0.717, 1.165) is 12.5 Å². The maximum atomic E-state index is 12.1. The Bertz CT molecular complexity index is 484. The molecule has 0 saturated carbocycles. The van der Waals surface area contributed by atoms with Gasteiger partial charge < -0.3 is 10.2 Å². The first-order valence-corrected chi connectivity index (χ1v) is 10.2. The molecule has 124 valence electrons. The number of nitrogens with one attached hydrogen (secondary N) is 1. The normalized spacial score (nSPS) is 22.2. The van der Waals surface area contributed by atoms with Crippen LogP contribution in [0.1, 0.15) is 34.6 Å². The molecule has 1 saturated heterocycles. The summed E-state index contributed by atoms with van der Waals surface area (Å²) in [4.78, 5) is 6.78. The molecule has 1 N–H and O–H groups in total. The fourth-order valence-electron chi connectivity index (χ4n) is 2.08. The van der Waals surface area contributed by atoms with Crippen molar-refractivity contribution in [1.29, 1.82) is 0 Å². The van der Waals surface area contributed by atoms with Crippen molar-refractivity contribution in [2.24, 2.45) is 4.99 Å². The van der Waals surface area contributed by atoms with Crippen LogP contribution in [0.3, 0.4) is 0 Å². The van der Waals surface area contributed by atoms with Gasteiger partial charge in [0.15, 0.2) is 15.8 Å². The Labute approximate surface area is 133 Å². The van der Waals surface area contributed by atoms with Gasteiger partial charge in [-0.15, -0.1) is 0 Å². The fourth-order valence-corrected chi connectivity index (χ4v) is 3.64. The third-order valence-corrected chi connectivity index (χ3v) is 7.61. The van der Waals surface area contributed by atoms with Gasteiger partial charge in [0.25, 0.3) is 0 Å². The smallest absolute Gasteiger partial charge is 0.194 e. The average molecular weight is 336 g/mol. The number of nitrogens with zero attached hydrogens (tertiary/aromatic N) is 2. The van der Waals surface area contributed by atoms with Crippen LogP contribution in [0.25, 0.3) is 0 Å². The van der Waals surface area contributed by atoms with Crippen molar-refractivity contribution in [3.8, 4) is 0 Å². The Morgan fingerprint density at radius 3 is 2.52 bits per heavy atom. The van der Waals surface area contributed by atoms with Crippen molar-refractivity contribution < 1.29 is 8.42 Å². The van der Waals surface area contributed by atoms with Gasteiger partial charge in [0.2, 0.25) is 0 Å². The number of thioether (sulfide) groups is 1. The summed E-state index contributed by atoms with van der Waals surface area (Å²) in [6, 6.07) is 0. The zero-order chi connectivity index (χ0) is 16.3. The lowest BCUT2D eigenvalue weighted by Crippen LogP contribution is -2.57. The van der Waals surface area contributed by atoms with E-state index in [-0.39, 0.29) is 10.5 Å². The molecule has 0 unspecified atom stereocenters. The van der Waals surface area contributed by atoms with Crippen LogP contribution in [-0.4, -0.2) is 67.0 Å². The summed E-state index contributed by atoms with van der Waals surface area (Å²) < 4.78 is 23.6. The van der Waals surface area contributed by atoms with Crippen LogP contribution < -0.4 is 5.32 Å². The molecule has 1 aliphatic rings. The first kappa shape index (κ1) is 18.6. The molecule has 0 spiro atoms. The van der Waals surface area contributed by atoms with E-state index >= 15 is 0 Å². The Morgan fingerprint density at radius 2 is 2.05 bits per heavy atom. The molecule has 1 fully saturated rings. The first-order chi connectivity index (χ1) is 9.54. The second kappa shape index (κ2) is 6.77. The Morgan fingerprint density at radius 1 is 1.43 bits per heavy atom. The summed E-state index contributed by atoms with van der Waals surface area (Å²) in [6.07, 6.45) is 2.08. The van der Waals surface area contributed by atoms with Gasteiger partial charge in [-0.25, -0.2) is 8.42 Å². The maximum absolute atomic E-state index is 12.1. The quantitative estimate of drug-likeness (QED) is 0.625. The molecule has 0 aromatic rings. The minimum Gasteiger partial charge on any atom is -0.357 e. The van der Waals surface area contributed by atoms with E-state index in [9.17, 15) is 8.42 Å². The third-order valence-electron chi connectivity index (χ3n) is 3.84. The van der Waals surface area contributed by atoms with Gasteiger partial charge in [-0.3, -0.25) is 4.99 Å².